The summed E-state index contributed by atoms with van der Waals surface area (Å²) in [6, 6.07) is 1.24. The lowest BCUT2D eigenvalue weighted by atomic mass is 10.0. The maximum atomic E-state index is 12.8. The first kappa shape index (κ1) is 61.5. The predicted molar refractivity (Wildman–Crippen MR) is 261 cm³/mol. The van der Waals surface area contributed by atoms with Gasteiger partial charge in [0.15, 0.2) is 18.1 Å². The van der Waals surface area contributed by atoms with E-state index < -0.39 is 83.7 Å². The van der Waals surface area contributed by atoms with Crippen molar-refractivity contribution in [2.75, 3.05) is 25.6 Å². The fourth-order valence-electron chi connectivity index (χ4n) is 7.03. The Morgan fingerprint density at radius 3 is 1.96 bits per heavy atom. The molecule has 1 aromatic heterocycles. The second kappa shape index (κ2) is 36.3. The Morgan fingerprint density at radius 1 is 0.739 bits per heavy atom. The van der Waals surface area contributed by atoms with E-state index in [1.165, 1.54) is 57.4 Å². The molecule has 392 valence electrons. The summed E-state index contributed by atoms with van der Waals surface area (Å²) in [4.78, 5) is 73.5. The Bertz CT molecular complexity index is 1910. The number of hydrogen-bond acceptors (Lipinski definition) is 16. The van der Waals surface area contributed by atoms with Crippen molar-refractivity contribution >= 4 is 39.2 Å². The molecule has 7 atom stereocenters. The fraction of sp³-hybridized carbons (Fsp3) is 0.688. The number of aromatic nitrogens is 2. The molecular weight excluding hydrogens is 936 g/mol. The molecule has 0 aliphatic carbocycles. The second-order valence-corrected chi connectivity index (χ2v) is 20.0. The van der Waals surface area contributed by atoms with Gasteiger partial charge in [-0.05, 0) is 50.7 Å². The van der Waals surface area contributed by atoms with E-state index in [-0.39, 0.29) is 24.4 Å². The molecule has 19 nitrogen and oxygen atoms in total. The number of phosphoric ester groups is 2. The van der Waals surface area contributed by atoms with E-state index in [0.29, 0.717) is 38.5 Å². The molecule has 0 spiro atoms. The lowest BCUT2D eigenvalue weighted by Gasteiger charge is -2.21. The Balaban J connectivity index is 1.85. The summed E-state index contributed by atoms with van der Waals surface area (Å²) in [5, 5.41) is 20.9. The monoisotopic (exact) mass is 1020 g/mol. The zero-order valence-electron chi connectivity index (χ0n) is 40.6. The van der Waals surface area contributed by atoms with Crippen LogP contribution in [0.5, 0.6) is 0 Å². The Morgan fingerprint density at radius 2 is 1.30 bits per heavy atom. The maximum absolute atomic E-state index is 12.8. The molecule has 69 heavy (non-hydrogen) atoms. The number of ether oxygens (including phenoxy) is 3. The van der Waals surface area contributed by atoms with Gasteiger partial charge in [0.1, 0.15) is 30.7 Å². The molecule has 1 aromatic rings. The standard InChI is InChI=1S/C48H79N3O16P2/c1-3-5-7-8-9-10-11-12-15-18-21-24-28-32-43(53)62-36-40(65-44(54)33-29-25-22-19-16-13-14-17-20-23-27-31-39(52)30-26-6-4-2)37-63-68(58,59)67-69(60,61)64-38-41-45(55)46(56)47(66-41)51-35-34-42(49)50-48(51)57/h13-14,19-20,22-23,27,31,34-35,40-41,45-47,55-56H,3-12,15-18,21,24-26,28-30,32-33,36-38H2,1-2H3,(H,58,59)(H,60,61)(H2,49,50,57)/b14-13-,22-19-,23-20-,31-27+/t40-,41-,45-,46-,47-/m1/s1. The van der Waals surface area contributed by atoms with Gasteiger partial charge in [-0.25, -0.2) is 13.9 Å². The molecule has 1 aliphatic heterocycles. The number of esters is 2. The number of allylic oxidation sites excluding steroid dienone is 8. The van der Waals surface area contributed by atoms with Crippen LogP contribution in [0.25, 0.3) is 0 Å². The molecule has 2 unspecified atom stereocenters. The van der Waals surface area contributed by atoms with E-state index >= 15 is 0 Å². The number of nitrogens with zero attached hydrogens (tertiary/aromatic N) is 2. The zero-order valence-corrected chi connectivity index (χ0v) is 42.4. The third-order valence-corrected chi connectivity index (χ3v) is 13.5. The van der Waals surface area contributed by atoms with Gasteiger partial charge in [-0.1, -0.05) is 146 Å². The van der Waals surface area contributed by atoms with E-state index in [0.717, 1.165) is 55.7 Å². The average Bonchev–Trinajstić information content (AvgIpc) is 3.58. The van der Waals surface area contributed by atoms with E-state index in [1.807, 2.05) is 36.5 Å². The van der Waals surface area contributed by atoms with Crippen LogP contribution in [0.2, 0.25) is 0 Å². The summed E-state index contributed by atoms with van der Waals surface area (Å²) >= 11 is 0. The molecule has 1 fully saturated rings. The largest absolute Gasteiger partial charge is 0.481 e. The van der Waals surface area contributed by atoms with Gasteiger partial charge < -0.3 is 39.9 Å². The second-order valence-electron chi connectivity index (χ2n) is 17.0. The maximum Gasteiger partial charge on any atom is 0.481 e. The number of nitrogens with two attached hydrogens (primary N) is 1. The molecule has 1 saturated heterocycles. The molecule has 0 amide bonds. The summed E-state index contributed by atoms with van der Waals surface area (Å²) in [5.41, 5.74) is 4.57. The average molecular weight is 1020 g/mol. The van der Waals surface area contributed by atoms with Crippen LogP contribution < -0.4 is 11.4 Å². The molecule has 0 aromatic carbocycles. The van der Waals surface area contributed by atoms with Gasteiger partial charge in [0, 0.05) is 25.5 Å². The van der Waals surface area contributed by atoms with Crippen molar-refractivity contribution in [1.82, 2.24) is 9.55 Å². The molecule has 0 radical (unpaired) electrons. The minimum absolute atomic E-state index is 0.0515. The Labute approximate surface area is 407 Å². The number of aliphatic hydroxyl groups is 2. The van der Waals surface area contributed by atoms with E-state index in [9.17, 15) is 48.3 Å². The van der Waals surface area contributed by atoms with Gasteiger partial charge in [-0.3, -0.25) is 28.0 Å². The van der Waals surface area contributed by atoms with E-state index in [4.69, 9.17) is 29.0 Å². The number of nitrogen functional groups attached to an aromatic ring is 1. The van der Waals surface area contributed by atoms with Gasteiger partial charge in [-0.2, -0.15) is 9.29 Å². The number of ketones is 1. The quantitative estimate of drug-likeness (QED) is 0.0102. The SMILES string of the molecule is CCCCCCCCCCCCCCCC(=O)OC[C@H](COP(=O)(O)OP(=O)(O)OC[C@H]1O[C@@H](n2ccc(N)nc2=O)[C@H](O)[C@@H]1O)OC(=O)CCC/C=C\C/C=C\C/C=C\C=C\C(=O)CCCCC. The van der Waals surface area contributed by atoms with Crippen molar-refractivity contribution in [2.24, 2.45) is 0 Å². The van der Waals surface area contributed by atoms with Gasteiger partial charge in [0.25, 0.3) is 0 Å². The lowest BCUT2D eigenvalue weighted by molar-refractivity contribution is -0.161. The molecule has 1 aliphatic rings. The zero-order chi connectivity index (χ0) is 50.8. The highest BCUT2D eigenvalue weighted by molar-refractivity contribution is 7.61. The molecule has 6 N–H and O–H groups in total. The number of phosphoric acid groups is 2. The first-order valence-corrected chi connectivity index (χ1v) is 27.6. The minimum Gasteiger partial charge on any atom is -0.462 e. The van der Waals surface area contributed by atoms with Crippen molar-refractivity contribution in [2.45, 2.75) is 192 Å². The molecule has 2 rings (SSSR count). The van der Waals surface area contributed by atoms with Crippen molar-refractivity contribution in [3.63, 3.8) is 0 Å². The molecule has 0 bridgehead atoms. The van der Waals surface area contributed by atoms with Crippen molar-refractivity contribution in [1.29, 1.82) is 0 Å². The number of anilines is 1. The summed E-state index contributed by atoms with van der Waals surface area (Å²) in [6.45, 7) is 1.92. The van der Waals surface area contributed by atoms with Gasteiger partial charge in [-0.15, -0.1) is 0 Å². The Kier molecular flexibility index (Phi) is 32.4. The number of carbonyl (C=O) groups excluding carboxylic acids is 3. The minimum atomic E-state index is -5.44. The third kappa shape index (κ3) is 29.4. The highest BCUT2D eigenvalue weighted by Gasteiger charge is 2.46. The van der Waals surface area contributed by atoms with Crippen molar-refractivity contribution in [3.05, 3.63) is 71.4 Å². The van der Waals surface area contributed by atoms with Crippen LogP contribution in [-0.4, -0.2) is 91.5 Å². The van der Waals surface area contributed by atoms with Crippen LogP contribution in [-0.2, 0) is 51.1 Å². The molecule has 21 heteroatoms. The summed E-state index contributed by atoms with van der Waals surface area (Å²) in [7, 11) is -10.9. The van der Waals surface area contributed by atoms with Gasteiger partial charge in [0.05, 0.1) is 13.2 Å². The molecule has 2 heterocycles. The predicted octanol–water partition coefficient (Wildman–Crippen LogP) is 8.96. The fourth-order valence-corrected chi connectivity index (χ4v) is 9.14. The summed E-state index contributed by atoms with van der Waals surface area (Å²) < 4.78 is 56.6. The first-order valence-electron chi connectivity index (χ1n) is 24.6. The van der Waals surface area contributed by atoms with Crippen LogP contribution in [0, 0.1) is 0 Å². The number of aliphatic hydroxyl groups excluding tert-OH is 2. The molecular formula is C48H79N3O16P2. The van der Waals surface area contributed by atoms with Gasteiger partial charge in [0.2, 0.25) is 0 Å². The number of unbranched alkanes of at least 4 members (excludes halogenated alkanes) is 15. The smallest absolute Gasteiger partial charge is 0.462 e. The van der Waals surface area contributed by atoms with Crippen LogP contribution in [0.4, 0.5) is 5.82 Å². The third-order valence-electron chi connectivity index (χ3n) is 10.9. The highest BCUT2D eigenvalue weighted by atomic mass is 31.3. The van der Waals surface area contributed by atoms with E-state index in [1.54, 1.807) is 12.2 Å². The normalized spacial score (nSPS) is 19.7. The van der Waals surface area contributed by atoms with Crippen molar-refractivity contribution in [3.8, 4) is 0 Å². The lowest BCUT2D eigenvalue weighted by Crippen LogP contribution is -2.36. The summed E-state index contributed by atoms with van der Waals surface area (Å²) in [5.74, 6) is -1.28. The number of carbonyl (C=O) groups is 3. The van der Waals surface area contributed by atoms with Gasteiger partial charge >= 0.3 is 33.3 Å². The van der Waals surface area contributed by atoms with Crippen LogP contribution in [0.3, 0.4) is 0 Å². The summed E-state index contributed by atoms with van der Waals surface area (Å²) in [6.07, 6.45) is 29.0. The van der Waals surface area contributed by atoms with Crippen LogP contribution in [0.1, 0.15) is 168 Å². The number of hydrogen-bond donors (Lipinski definition) is 5. The van der Waals surface area contributed by atoms with Crippen LogP contribution >= 0.6 is 15.6 Å². The number of rotatable bonds is 40. The Hall–Kier alpha value is -3.61. The topological polar surface area (TPSA) is 283 Å². The first-order chi connectivity index (χ1) is 33.1. The van der Waals surface area contributed by atoms with Crippen LogP contribution in [0.15, 0.2) is 65.7 Å². The molecule has 0 saturated carbocycles. The van der Waals surface area contributed by atoms with Crippen molar-refractivity contribution < 1.29 is 71.1 Å². The highest BCUT2D eigenvalue weighted by Crippen LogP contribution is 2.60. The van der Waals surface area contributed by atoms with E-state index in [2.05, 4.69) is 23.1 Å².